The molecule has 46 valence electrons. The van der Waals surface area contributed by atoms with Crippen molar-refractivity contribution in [2.45, 2.75) is 0 Å². The second-order valence-corrected chi connectivity index (χ2v) is 1.50. The largest absolute Gasteiger partial charge is 0.478 e. The first kappa shape index (κ1) is 5.75. The van der Waals surface area contributed by atoms with Gasteiger partial charge in [-0.15, -0.1) is 0 Å². The SMILES string of the molecule is O=C(O)c1cc[o+]cc1. The molecule has 1 aromatic rings. The molecule has 1 rings (SSSR count). The van der Waals surface area contributed by atoms with Crippen molar-refractivity contribution in [3.8, 4) is 0 Å². The summed E-state index contributed by atoms with van der Waals surface area (Å²) in [5.41, 5.74) is 0.237. The topological polar surface area (TPSA) is 48.6 Å². The number of carboxylic acid groups (broad SMARTS) is 1. The van der Waals surface area contributed by atoms with Crippen LogP contribution in [0, 0.1) is 0 Å². The van der Waals surface area contributed by atoms with E-state index in [1.807, 2.05) is 0 Å². The number of aromatic carboxylic acids is 1. The third kappa shape index (κ3) is 1.25. The van der Waals surface area contributed by atoms with E-state index in [2.05, 4.69) is 4.42 Å². The molecule has 1 heterocycles. The van der Waals surface area contributed by atoms with E-state index in [0.717, 1.165) is 0 Å². The van der Waals surface area contributed by atoms with Crippen molar-refractivity contribution in [2.24, 2.45) is 0 Å². The van der Waals surface area contributed by atoms with Gasteiger partial charge in [0.25, 0.3) is 0 Å². The zero-order chi connectivity index (χ0) is 6.69. The van der Waals surface area contributed by atoms with Gasteiger partial charge in [0.15, 0.2) is 0 Å². The maximum atomic E-state index is 10.2. The van der Waals surface area contributed by atoms with Crippen molar-refractivity contribution in [1.29, 1.82) is 0 Å². The Balaban J connectivity index is 2.98. The van der Waals surface area contributed by atoms with Crippen LogP contribution in [0.5, 0.6) is 0 Å². The number of rotatable bonds is 1. The van der Waals surface area contributed by atoms with Crippen LogP contribution in [0.2, 0.25) is 0 Å². The fraction of sp³-hybridized carbons (Fsp3) is 0. The lowest BCUT2D eigenvalue weighted by Gasteiger charge is -1.82. The molecular weight excluding hydrogens is 120 g/mol. The van der Waals surface area contributed by atoms with E-state index in [4.69, 9.17) is 5.11 Å². The van der Waals surface area contributed by atoms with Crippen LogP contribution in [0.15, 0.2) is 29.1 Å². The van der Waals surface area contributed by atoms with Crippen molar-refractivity contribution in [2.75, 3.05) is 0 Å². The van der Waals surface area contributed by atoms with Gasteiger partial charge in [0.05, 0.1) is 5.56 Å². The summed E-state index contributed by atoms with van der Waals surface area (Å²) in [4.78, 5) is 10.2. The summed E-state index contributed by atoms with van der Waals surface area (Å²) >= 11 is 0. The number of hydrogen-bond donors (Lipinski definition) is 1. The van der Waals surface area contributed by atoms with Gasteiger partial charge in [-0.2, -0.15) is 0 Å². The molecule has 0 aliphatic heterocycles. The van der Waals surface area contributed by atoms with Gasteiger partial charge < -0.3 is 5.11 Å². The average molecular weight is 125 g/mol. The van der Waals surface area contributed by atoms with Gasteiger partial charge in [-0.25, -0.2) is 9.21 Å². The highest BCUT2D eigenvalue weighted by molar-refractivity contribution is 5.87. The number of carboxylic acids is 1. The minimum Gasteiger partial charge on any atom is -0.478 e. The molecule has 3 heteroatoms. The predicted molar refractivity (Wildman–Crippen MR) is 30.1 cm³/mol. The average Bonchev–Trinajstić information content (AvgIpc) is 1.90. The van der Waals surface area contributed by atoms with Crippen molar-refractivity contribution < 1.29 is 14.3 Å². The lowest BCUT2D eigenvalue weighted by atomic mass is 10.3. The normalized spacial score (nSPS) is 8.89. The maximum Gasteiger partial charge on any atom is 0.336 e. The molecule has 0 unspecified atom stereocenters. The summed E-state index contributed by atoms with van der Waals surface area (Å²) in [5, 5.41) is 8.34. The molecule has 0 aliphatic carbocycles. The quantitative estimate of drug-likeness (QED) is 0.575. The highest BCUT2D eigenvalue weighted by Crippen LogP contribution is 1.96. The van der Waals surface area contributed by atoms with E-state index in [0.29, 0.717) is 0 Å². The minimum atomic E-state index is -0.939. The second-order valence-electron chi connectivity index (χ2n) is 1.50. The summed E-state index contributed by atoms with van der Waals surface area (Å²) in [7, 11) is 0. The Morgan fingerprint density at radius 2 is 2.00 bits per heavy atom. The van der Waals surface area contributed by atoms with E-state index < -0.39 is 5.97 Å². The van der Waals surface area contributed by atoms with E-state index in [-0.39, 0.29) is 5.56 Å². The Kier molecular flexibility index (Phi) is 1.44. The molecule has 0 saturated carbocycles. The molecule has 0 aromatic carbocycles. The predicted octanol–water partition coefficient (Wildman–Crippen LogP) is 1.26. The van der Waals surface area contributed by atoms with Crippen LogP contribution in [-0.4, -0.2) is 11.1 Å². The lowest BCUT2D eigenvalue weighted by molar-refractivity contribution is 0.0696. The molecule has 0 radical (unpaired) electrons. The van der Waals surface area contributed by atoms with Gasteiger partial charge in [0.1, 0.15) is 0 Å². The molecule has 0 atom stereocenters. The monoisotopic (exact) mass is 125 g/mol. The molecule has 0 fully saturated rings. The van der Waals surface area contributed by atoms with Crippen LogP contribution >= 0.6 is 0 Å². The minimum absolute atomic E-state index is 0.237. The lowest BCUT2D eigenvalue weighted by Crippen LogP contribution is -1.93. The van der Waals surface area contributed by atoms with Gasteiger partial charge in [-0.1, -0.05) is 0 Å². The number of carbonyl (C=O) groups is 1. The van der Waals surface area contributed by atoms with Crippen molar-refractivity contribution in [3.05, 3.63) is 30.2 Å². The van der Waals surface area contributed by atoms with Crippen LogP contribution in [0.1, 0.15) is 10.4 Å². The van der Waals surface area contributed by atoms with Crippen LogP contribution in [0.3, 0.4) is 0 Å². The van der Waals surface area contributed by atoms with Crippen molar-refractivity contribution in [1.82, 2.24) is 0 Å². The highest BCUT2D eigenvalue weighted by atomic mass is 16.4. The zero-order valence-electron chi connectivity index (χ0n) is 4.57. The molecular formula is C6H5O3+. The van der Waals surface area contributed by atoms with Gasteiger partial charge in [0.2, 0.25) is 0 Å². The van der Waals surface area contributed by atoms with Gasteiger partial charge in [-0.05, 0) is 0 Å². The summed E-state index contributed by atoms with van der Waals surface area (Å²) in [5.74, 6) is -0.939. The fourth-order valence-electron chi connectivity index (χ4n) is 0.469. The second kappa shape index (κ2) is 2.26. The third-order valence-electron chi connectivity index (χ3n) is 0.899. The van der Waals surface area contributed by atoms with Gasteiger partial charge >= 0.3 is 18.5 Å². The molecule has 1 aromatic heterocycles. The summed E-state index contributed by atoms with van der Waals surface area (Å²) in [6, 6.07) is 2.78. The smallest absolute Gasteiger partial charge is 0.336 e. The summed E-state index contributed by atoms with van der Waals surface area (Å²) in [6.45, 7) is 0. The van der Waals surface area contributed by atoms with Crippen LogP contribution in [-0.2, 0) is 0 Å². The van der Waals surface area contributed by atoms with Crippen molar-refractivity contribution >= 4 is 5.97 Å². The van der Waals surface area contributed by atoms with Gasteiger partial charge in [-0.3, -0.25) is 0 Å². The highest BCUT2D eigenvalue weighted by Gasteiger charge is 2.02. The van der Waals surface area contributed by atoms with Crippen LogP contribution < -0.4 is 0 Å². The van der Waals surface area contributed by atoms with E-state index >= 15 is 0 Å². The first-order valence-electron chi connectivity index (χ1n) is 2.39. The van der Waals surface area contributed by atoms with E-state index in [1.54, 1.807) is 0 Å². The van der Waals surface area contributed by atoms with Crippen LogP contribution in [0.4, 0.5) is 0 Å². The maximum absolute atomic E-state index is 10.2. The van der Waals surface area contributed by atoms with Crippen LogP contribution in [0.25, 0.3) is 0 Å². The van der Waals surface area contributed by atoms with Gasteiger partial charge in [0, 0.05) is 12.1 Å². The van der Waals surface area contributed by atoms with Crippen molar-refractivity contribution in [3.63, 3.8) is 0 Å². The molecule has 3 nitrogen and oxygen atoms in total. The summed E-state index contributed by atoms with van der Waals surface area (Å²) < 4.78 is 4.60. The first-order chi connectivity index (χ1) is 4.30. The Morgan fingerprint density at radius 3 is 2.33 bits per heavy atom. The molecule has 0 aliphatic rings. The fourth-order valence-corrected chi connectivity index (χ4v) is 0.469. The zero-order valence-corrected chi connectivity index (χ0v) is 4.57. The third-order valence-corrected chi connectivity index (χ3v) is 0.899. The Morgan fingerprint density at radius 1 is 1.44 bits per heavy atom. The van der Waals surface area contributed by atoms with E-state index in [9.17, 15) is 4.79 Å². The molecule has 0 spiro atoms. The van der Waals surface area contributed by atoms with E-state index in [1.165, 1.54) is 24.7 Å². The molecule has 0 saturated heterocycles. The number of hydrogen-bond acceptors (Lipinski definition) is 1. The molecule has 0 amide bonds. The molecule has 9 heavy (non-hydrogen) atoms. The Labute approximate surface area is 51.6 Å². The molecule has 1 N–H and O–H groups in total. The Bertz CT molecular complexity index is 205. The first-order valence-corrected chi connectivity index (χ1v) is 2.39. The Hall–Kier alpha value is -1.38. The standard InChI is InChI=1S/C6H4O3/c7-6(8)5-1-3-9-4-2-5/h1-4H/p+1. The summed E-state index contributed by atoms with van der Waals surface area (Å²) in [6.07, 6.45) is 2.65. The molecule has 0 bridgehead atoms.